The lowest BCUT2D eigenvalue weighted by molar-refractivity contribution is -0.00333. The van der Waals surface area contributed by atoms with Crippen molar-refractivity contribution < 1.29 is 0 Å². The fourth-order valence-corrected chi connectivity index (χ4v) is 4.88. The molecule has 0 N–H and O–H groups in total. The van der Waals surface area contributed by atoms with Gasteiger partial charge in [-0.05, 0) is 60.4 Å². The molecule has 2 fully saturated rings. The first-order valence-electron chi connectivity index (χ1n) is 7.13. The van der Waals surface area contributed by atoms with Gasteiger partial charge in [-0.15, -0.1) is 9.24 Å². The first-order chi connectivity index (χ1) is 7.38. The first kappa shape index (κ1) is 12.9. The Labute approximate surface area is 104 Å². The molecule has 2 rings (SSSR count). The molecule has 0 aromatic heterocycles. The monoisotopic (exact) mass is 240 g/mol. The Kier molecular flexibility index (Phi) is 3.44. The second-order valence-corrected chi connectivity index (χ2v) is 8.18. The van der Waals surface area contributed by atoms with E-state index in [2.05, 4.69) is 36.9 Å². The van der Waals surface area contributed by atoms with Gasteiger partial charge in [0.2, 0.25) is 0 Å². The zero-order valence-electron chi connectivity index (χ0n) is 11.6. The van der Waals surface area contributed by atoms with E-state index >= 15 is 0 Å². The highest BCUT2D eigenvalue weighted by molar-refractivity contribution is 7.17. The Morgan fingerprint density at radius 2 is 1.62 bits per heavy atom. The molecule has 0 bridgehead atoms. The molecule has 0 radical (unpaired) electrons. The predicted octanol–water partition coefficient (Wildman–Crippen LogP) is 4.88. The van der Waals surface area contributed by atoms with Crippen molar-refractivity contribution in [3.8, 4) is 0 Å². The molecule has 0 aromatic carbocycles. The highest BCUT2D eigenvalue weighted by Crippen LogP contribution is 2.58. The summed E-state index contributed by atoms with van der Waals surface area (Å²) in [7, 11) is 3.15. The Hall–Kier alpha value is 0.430. The molecule has 0 aromatic rings. The third-order valence-electron chi connectivity index (χ3n) is 5.73. The molecule has 0 spiro atoms. The molecule has 4 unspecified atom stereocenters. The van der Waals surface area contributed by atoms with Crippen LogP contribution in [0.1, 0.15) is 66.2 Å². The zero-order valence-corrected chi connectivity index (χ0v) is 12.7. The molecule has 2 aliphatic carbocycles. The summed E-state index contributed by atoms with van der Waals surface area (Å²) in [6.45, 7) is 9.81. The van der Waals surface area contributed by atoms with Crippen molar-refractivity contribution in [2.75, 3.05) is 0 Å². The van der Waals surface area contributed by atoms with Gasteiger partial charge >= 0.3 is 0 Å². The van der Waals surface area contributed by atoms with Gasteiger partial charge in [0.25, 0.3) is 0 Å². The third-order valence-corrected chi connectivity index (χ3v) is 6.74. The maximum absolute atomic E-state index is 3.15. The van der Waals surface area contributed by atoms with E-state index in [-0.39, 0.29) is 0 Å². The topological polar surface area (TPSA) is 0 Å². The van der Waals surface area contributed by atoms with Gasteiger partial charge in [0, 0.05) is 0 Å². The van der Waals surface area contributed by atoms with E-state index in [9.17, 15) is 0 Å². The van der Waals surface area contributed by atoms with Crippen molar-refractivity contribution in [1.82, 2.24) is 0 Å². The molecule has 4 atom stereocenters. The van der Waals surface area contributed by atoms with E-state index < -0.39 is 0 Å². The summed E-state index contributed by atoms with van der Waals surface area (Å²) in [5, 5.41) is 0. The van der Waals surface area contributed by atoms with E-state index in [4.69, 9.17) is 0 Å². The summed E-state index contributed by atoms with van der Waals surface area (Å²) in [6.07, 6.45) is 8.69. The van der Waals surface area contributed by atoms with Crippen LogP contribution in [-0.4, -0.2) is 5.66 Å². The quantitative estimate of drug-likeness (QED) is 0.603. The van der Waals surface area contributed by atoms with Crippen LogP contribution in [-0.2, 0) is 0 Å². The van der Waals surface area contributed by atoms with Crippen molar-refractivity contribution in [2.45, 2.75) is 71.9 Å². The van der Waals surface area contributed by atoms with Gasteiger partial charge < -0.3 is 0 Å². The van der Waals surface area contributed by atoms with Crippen molar-refractivity contribution in [2.24, 2.45) is 22.7 Å². The molecule has 0 heterocycles. The standard InChI is InChI=1S/C15H29P/c1-5-11-10-12(13(11)16)15(4)8-6-14(2,3)7-9-15/h11-13H,5-10,16H2,1-4H3. The van der Waals surface area contributed by atoms with Gasteiger partial charge in [-0.3, -0.25) is 0 Å². The summed E-state index contributed by atoms with van der Waals surface area (Å²) >= 11 is 0. The Balaban J connectivity index is 1.95. The number of hydrogen-bond acceptors (Lipinski definition) is 0. The van der Waals surface area contributed by atoms with Crippen LogP contribution in [0.15, 0.2) is 0 Å². The van der Waals surface area contributed by atoms with Crippen LogP contribution >= 0.6 is 9.24 Å². The lowest BCUT2D eigenvalue weighted by Gasteiger charge is -2.55. The molecule has 0 amide bonds. The smallest absolute Gasteiger partial charge is 0.0202 e. The van der Waals surface area contributed by atoms with Crippen LogP contribution in [0.2, 0.25) is 0 Å². The van der Waals surface area contributed by atoms with E-state index in [1.165, 1.54) is 38.5 Å². The van der Waals surface area contributed by atoms with Crippen LogP contribution in [0, 0.1) is 22.7 Å². The van der Waals surface area contributed by atoms with E-state index in [0.717, 1.165) is 17.5 Å². The van der Waals surface area contributed by atoms with Gasteiger partial charge in [0.1, 0.15) is 0 Å². The number of rotatable bonds is 2. The van der Waals surface area contributed by atoms with Crippen molar-refractivity contribution in [1.29, 1.82) is 0 Å². The average molecular weight is 240 g/mol. The van der Waals surface area contributed by atoms with E-state index in [1.807, 2.05) is 0 Å². The third kappa shape index (κ3) is 2.20. The predicted molar refractivity (Wildman–Crippen MR) is 75.7 cm³/mol. The first-order valence-corrected chi connectivity index (χ1v) is 7.80. The largest absolute Gasteiger partial charge is 0.134 e. The minimum atomic E-state index is 0.615. The summed E-state index contributed by atoms with van der Waals surface area (Å²) in [5.74, 6) is 2.00. The van der Waals surface area contributed by atoms with Crippen molar-refractivity contribution >= 4 is 9.24 Å². The summed E-state index contributed by atoms with van der Waals surface area (Å²) in [6, 6.07) is 0. The van der Waals surface area contributed by atoms with Crippen molar-refractivity contribution in [3.63, 3.8) is 0 Å². The fraction of sp³-hybridized carbons (Fsp3) is 1.00. The van der Waals surface area contributed by atoms with Crippen molar-refractivity contribution in [3.05, 3.63) is 0 Å². The average Bonchev–Trinajstić information content (AvgIpc) is 2.22. The molecule has 0 nitrogen and oxygen atoms in total. The minimum absolute atomic E-state index is 0.615. The van der Waals surface area contributed by atoms with Gasteiger partial charge in [0.15, 0.2) is 0 Å². The summed E-state index contributed by atoms with van der Waals surface area (Å²) < 4.78 is 0. The molecular formula is C15H29P. The lowest BCUT2D eigenvalue weighted by atomic mass is 9.53. The molecule has 2 aliphatic rings. The van der Waals surface area contributed by atoms with Crippen LogP contribution in [0.4, 0.5) is 0 Å². The SMILES string of the molecule is CCC1CC(C2(C)CCC(C)(C)CC2)C1P. The zero-order chi connectivity index (χ0) is 12.0. The Morgan fingerprint density at radius 1 is 1.06 bits per heavy atom. The molecule has 2 saturated carbocycles. The van der Waals surface area contributed by atoms with E-state index in [0.29, 0.717) is 10.8 Å². The maximum Gasteiger partial charge on any atom is -0.0202 e. The van der Waals surface area contributed by atoms with Crippen LogP contribution in [0.25, 0.3) is 0 Å². The molecular weight excluding hydrogens is 211 g/mol. The maximum atomic E-state index is 3.15. The molecule has 94 valence electrons. The molecule has 0 saturated heterocycles. The van der Waals surface area contributed by atoms with Gasteiger partial charge in [-0.25, -0.2) is 0 Å². The Morgan fingerprint density at radius 3 is 2.06 bits per heavy atom. The Bertz CT molecular complexity index is 246. The highest BCUT2D eigenvalue weighted by atomic mass is 31.0. The second kappa shape index (κ2) is 4.27. The summed E-state index contributed by atoms with van der Waals surface area (Å²) in [5.41, 5.74) is 2.19. The molecule has 0 aliphatic heterocycles. The minimum Gasteiger partial charge on any atom is -0.134 e. The fourth-order valence-electron chi connectivity index (χ4n) is 3.83. The number of hydrogen-bond donors (Lipinski definition) is 0. The van der Waals surface area contributed by atoms with Crippen LogP contribution < -0.4 is 0 Å². The lowest BCUT2D eigenvalue weighted by Crippen LogP contribution is -2.48. The van der Waals surface area contributed by atoms with Gasteiger partial charge in [-0.2, -0.15) is 0 Å². The van der Waals surface area contributed by atoms with Crippen LogP contribution in [0.5, 0.6) is 0 Å². The molecule has 1 heteroatoms. The van der Waals surface area contributed by atoms with Gasteiger partial charge in [0.05, 0.1) is 0 Å². The van der Waals surface area contributed by atoms with E-state index in [1.54, 1.807) is 0 Å². The molecule has 16 heavy (non-hydrogen) atoms. The second-order valence-electron chi connectivity index (χ2n) is 7.41. The highest BCUT2D eigenvalue weighted by Gasteiger charge is 2.49. The summed E-state index contributed by atoms with van der Waals surface area (Å²) in [4.78, 5) is 0. The van der Waals surface area contributed by atoms with Crippen LogP contribution in [0.3, 0.4) is 0 Å². The van der Waals surface area contributed by atoms with Gasteiger partial charge in [-0.1, -0.05) is 34.1 Å². The normalized spacial score (nSPS) is 41.4.